The summed E-state index contributed by atoms with van der Waals surface area (Å²) in [7, 11) is 1.61. The Morgan fingerprint density at radius 1 is 1.18 bits per heavy atom. The standard InChI is InChI=1S/C11H14F3NO2/c1-16-8-2-7-15-9-3-5-10(6-4-9)17-11(12,13)14/h3-6,15H,2,7-8H2,1H3. The van der Waals surface area contributed by atoms with Gasteiger partial charge in [-0.2, -0.15) is 0 Å². The Bertz CT molecular complexity index is 324. The van der Waals surface area contributed by atoms with Crippen LogP contribution >= 0.6 is 0 Å². The normalized spacial score (nSPS) is 11.3. The van der Waals surface area contributed by atoms with Crippen molar-refractivity contribution >= 4 is 5.69 Å². The second-order valence-corrected chi connectivity index (χ2v) is 3.35. The van der Waals surface area contributed by atoms with Crippen LogP contribution in [0.4, 0.5) is 18.9 Å². The number of anilines is 1. The van der Waals surface area contributed by atoms with Crippen molar-refractivity contribution in [2.75, 3.05) is 25.6 Å². The number of hydrogen-bond acceptors (Lipinski definition) is 3. The number of benzene rings is 1. The lowest BCUT2D eigenvalue weighted by atomic mass is 10.3. The van der Waals surface area contributed by atoms with Gasteiger partial charge < -0.3 is 14.8 Å². The smallest absolute Gasteiger partial charge is 0.406 e. The molecule has 0 aromatic heterocycles. The summed E-state index contributed by atoms with van der Waals surface area (Å²) < 4.78 is 44.3. The van der Waals surface area contributed by atoms with Crippen molar-refractivity contribution in [1.82, 2.24) is 0 Å². The molecule has 17 heavy (non-hydrogen) atoms. The number of methoxy groups -OCH3 is 1. The van der Waals surface area contributed by atoms with Crippen LogP contribution in [0.15, 0.2) is 24.3 Å². The Morgan fingerprint density at radius 3 is 2.35 bits per heavy atom. The van der Waals surface area contributed by atoms with Gasteiger partial charge >= 0.3 is 6.36 Å². The van der Waals surface area contributed by atoms with Crippen LogP contribution < -0.4 is 10.1 Å². The zero-order chi connectivity index (χ0) is 12.7. The van der Waals surface area contributed by atoms with Crippen molar-refractivity contribution in [1.29, 1.82) is 0 Å². The average molecular weight is 249 g/mol. The van der Waals surface area contributed by atoms with Crippen LogP contribution in [0.1, 0.15) is 6.42 Å². The maximum Gasteiger partial charge on any atom is 0.573 e. The van der Waals surface area contributed by atoms with E-state index in [1.54, 1.807) is 7.11 Å². The SMILES string of the molecule is COCCCNc1ccc(OC(F)(F)F)cc1. The van der Waals surface area contributed by atoms with E-state index in [-0.39, 0.29) is 5.75 Å². The second-order valence-electron chi connectivity index (χ2n) is 3.35. The Labute approximate surface area is 97.5 Å². The van der Waals surface area contributed by atoms with Gasteiger partial charge in [0.2, 0.25) is 0 Å². The molecule has 0 aliphatic carbocycles. The number of hydrogen-bond donors (Lipinski definition) is 1. The largest absolute Gasteiger partial charge is 0.573 e. The van der Waals surface area contributed by atoms with Crippen LogP contribution in [0.3, 0.4) is 0 Å². The summed E-state index contributed by atoms with van der Waals surface area (Å²) in [6.45, 7) is 1.34. The molecule has 3 nitrogen and oxygen atoms in total. The molecule has 1 rings (SSSR count). The van der Waals surface area contributed by atoms with Gasteiger partial charge in [-0.1, -0.05) is 0 Å². The summed E-state index contributed by atoms with van der Waals surface area (Å²) in [5, 5.41) is 3.05. The summed E-state index contributed by atoms with van der Waals surface area (Å²) in [6.07, 6.45) is -3.81. The lowest BCUT2D eigenvalue weighted by molar-refractivity contribution is -0.274. The number of halogens is 3. The minimum Gasteiger partial charge on any atom is -0.406 e. The van der Waals surface area contributed by atoms with Gasteiger partial charge in [0, 0.05) is 25.9 Å². The minimum absolute atomic E-state index is 0.222. The first-order valence-corrected chi connectivity index (χ1v) is 5.10. The Morgan fingerprint density at radius 2 is 1.82 bits per heavy atom. The quantitative estimate of drug-likeness (QED) is 0.786. The highest BCUT2D eigenvalue weighted by Gasteiger charge is 2.30. The van der Waals surface area contributed by atoms with Gasteiger partial charge in [0.1, 0.15) is 5.75 Å². The first-order chi connectivity index (χ1) is 8.01. The number of nitrogens with one attached hydrogen (secondary N) is 1. The van der Waals surface area contributed by atoms with E-state index in [1.165, 1.54) is 24.3 Å². The highest BCUT2D eigenvalue weighted by atomic mass is 19.4. The molecule has 0 unspecified atom stereocenters. The van der Waals surface area contributed by atoms with Gasteiger partial charge in [0.05, 0.1) is 0 Å². The van der Waals surface area contributed by atoms with E-state index in [9.17, 15) is 13.2 Å². The van der Waals surface area contributed by atoms with E-state index in [4.69, 9.17) is 4.74 Å². The molecule has 0 amide bonds. The average Bonchev–Trinajstić information content (AvgIpc) is 2.25. The van der Waals surface area contributed by atoms with E-state index in [0.29, 0.717) is 13.2 Å². The molecule has 0 aliphatic heterocycles. The van der Waals surface area contributed by atoms with Gasteiger partial charge in [-0.05, 0) is 30.7 Å². The lowest BCUT2D eigenvalue weighted by Gasteiger charge is -2.10. The first-order valence-electron chi connectivity index (χ1n) is 5.10. The summed E-state index contributed by atoms with van der Waals surface area (Å²) >= 11 is 0. The van der Waals surface area contributed by atoms with Crippen LogP contribution in [0.25, 0.3) is 0 Å². The third-order valence-corrected chi connectivity index (χ3v) is 1.94. The predicted octanol–water partition coefficient (Wildman–Crippen LogP) is 3.03. The molecule has 6 heteroatoms. The fraction of sp³-hybridized carbons (Fsp3) is 0.455. The van der Waals surface area contributed by atoms with Crippen molar-refractivity contribution in [2.45, 2.75) is 12.8 Å². The fourth-order valence-corrected chi connectivity index (χ4v) is 1.22. The summed E-state index contributed by atoms with van der Waals surface area (Å²) in [6, 6.07) is 5.61. The van der Waals surface area contributed by atoms with Crippen LogP contribution in [0, 0.1) is 0 Å². The van der Waals surface area contributed by atoms with Gasteiger partial charge in [-0.3, -0.25) is 0 Å². The molecular weight excluding hydrogens is 235 g/mol. The molecule has 1 aromatic carbocycles. The fourth-order valence-electron chi connectivity index (χ4n) is 1.22. The molecular formula is C11H14F3NO2. The van der Waals surface area contributed by atoms with Crippen LogP contribution in [-0.4, -0.2) is 26.6 Å². The van der Waals surface area contributed by atoms with Crippen LogP contribution in [0.5, 0.6) is 5.75 Å². The molecule has 0 spiro atoms. The van der Waals surface area contributed by atoms with Crippen molar-refractivity contribution in [3.05, 3.63) is 24.3 Å². The molecule has 0 aliphatic rings. The summed E-state index contributed by atoms with van der Waals surface area (Å²) in [5.74, 6) is -0.222. The minimum atomic E-state index is -4.65. The molecule has 0 bridgehead atoms. The van der Waals surface area contributed by atoms with E-state index in [1.807, 2.05) is 0 Å². The molecule has 1 aromatic rings. The Hall–Kier alpha value is -1.43. The van der Waals surface area contributed by atoms with E-state index in [2.05, 4.69) is 10.1 Å². The summed E-state index contributed by atoms with van der Waals surface area (Å²) in [4.78, 5) is 0. The highest BCUT2D eigenvalue weighted by molar-refractivity contribution is 5.46. The molecule has 0 saturated carbocycles. The first kappa shape index (κ1) is 13.6. The zero-order valence-corrected chi connectivity index (χ0v) is 9.38. The third kappa shape index (κ3) is 6.01. The second kappa shape index (κ2) is 6.34. The van der Waals surface area contributed by atoms with Crippen LogP contribution in [0.2, 0.25) is 0 Å². The molecule has 0 fully saturated rings. The number of alkyl halides is 3. The lowest BCUT2D eigenvalue weighted by Crippen LogP contribution is -2.17. The van der Waals surface area contributed by atoms with E-state index in [0.717, 1.165) is 12.1 Å². The van der Waals surface area contributed by atoms with E-state index < -0.39 is 6.36 Å². The zero-order valence-electron chi connectivity index (χ0n) is 9.38. The predicted molar refractivity (Wildman–Crippen MR) is 58.1 cm³/mol. The van der Waals surface area contributed by atoms with Gasteiger partial charge in [0.25, 0.3) is 0 Å². The molecule has 0 saturated heterocycles. The van der Waals surface area contributed by atoms with Crippen molar-refractivity contribution in [3.8, 4) is 5.75 Å². The van der Waals surface area contributed by atoms with E-state index >= 15 is 0 Å². The van der Waals surface area contributed by atoms with Crippen molar-refractivity contribution < 1.29 is 22.6 Å². The highest BCUT2D eigenvalue weighted by Crippen LogP contribution is 2.23. The Balaban J connectivity index is 2.39. The molecule has 0 radical (unpaired) electrons. The Kier molecular flexibility index (Phi) is 5.09. The molecule has 1 N–H and O–H groups in total. The summed E-state index contributed by atoms with van der Waals surface area (Å²) in [5.41, 5.74) is 0.746. The van der Waals surface area contributed by atoms with Gasteiger partial charge in [0.15, 0.2) is 0 Å². The maximum absolute atomic E-state index is 11.9. The monoisotopic (exact) mass is 249 g/mol. The topological polar surface area (TPSA) is 30.5 Å². The maximum atomic E-state index is 11.9. The molecule has 96 valence electrons. The van der Waals surface area contributed by atoms with Crippen molar-refractivity contribution in [2.24, 2.45) is 0 Å². The molecule has 0 atom stereocenters. The van der Waals surface area contributed by atoms with Crippen molar-refractivity contribution in [3.63, 3.8) is 0 Å². The third-order valence-electron chi connectivity index (χ3n) is 1.94. The van der Waals surface area contributed by atoms with Gasteiger partial charge in [-0.15, -0.1) is 13.2 Å². The molecule has 0 heterocycles. The van der Waals surface area contributed by atoms with Crippen LogP contribution in [-0.2, 0) is 4.74 Å². The van der Waals surface area contributed by atoms with Gasteiger partial charge in [-0.25, -0.2) is 0 Å². The number of rotatable bonds is 6. The number of ether oxygens (including phenoxy) is 2.